The molecule has 2 aromatic carbocycles. The van der Waals surface area contributed by atoms with Crippen molar-refractivity contribution in [2.45, 2.75) is 12.6 Å². The van der Waals surface area contributed by atoms with Crippen molar-refractivity contribution in [2.75, 3.05) is 54.1 Å². The molecule has 1 atom stereocenters. The van der Waals surface area contributed by atoms with Crippen molar-refractivity contribution in [1.82, 2.24) is 15.5 Å². The summed E-state index contributed by atoms with van der Waals surface area (Å²) in [5, 5.41) is 6.87. The lowest BCUT2D eigenvalue weighted by atomic mass is 10.0. The Kier molecular flexibility index (Phi) is 10.9. The second-order valence-electron chi connectivity index (χ2n) is 7.10. The lowest BCUT2D eigenvalue weighted by Crippen LogP contribution is -2.46. The van der Waals surface area contributed by atoms with Crippen LogP contribution in [0.25, 0.3) is 0 Å². The number of guanidine groups is 1. The fourth-order valence-electron chi connectivity index (χ4n) is 3.56. The van der Waals surface area contributed by atoms with Crippen molar-refractivity contribution in [3.8, 4) is 11.5 Å². The molecule has 2 N–H and O–H groups in total. The summed E-state index contributed by atoms with van der Waals surface area (Å²) in [4.78, 5) is 6.84. The van der Waals surface area contributed by atoms with Crippen LogP contribution in [0.2, 0.25) is 0 Å². The first kappa shape index (κ1) is 25.2. The van der Waals surface area contributed by atoms with Gasteiger partial charge in [-0.2, -0.15) is 0 Å². The van der Waals surface area contributed by atoms with Crippen LogP contribution in [0.3, 0.4) is 0 Å². The van der Waals surface area contributed by atoms with Crippen LogP contribution in [-0.4, -0.2) is 65.0 Å². The molecule has 0 saturated carbocycles. The van der Waals surface area contributed by atoms with Crippen molar-refractivity contribution >= 4 is 29.9 Å². The predicted molar refractivity (Wildman–Crippen MR) is 135 cm³/mol. The van der Waals surface area contributed by atoms with Gasteiger partial charge >= 0.3 is 0 Å². The van der Waals surface area contributed by atoms with E-state index in [9.17, 15) is 0 Å². The van der Waals surface area contributed by atoms with E-state index in [1.54, 1.807) is 21.3 Å². The number of rotatable bonds is 8. The molecule has 3 rings (SSSR count). The number of ether oxygens (including phenoxy) is 3. The molecule has 0 spiro atoms. The van der Waals surface area contributed by atoms with Gasteiger partial charge in [0.1, 0.15) is 11.5 Å². The molecule has 0 aromatic heterocycles. The van der Waals surface area contributed by atoms with Crippen LogP contribution >= 0.6 is 24.0 Å². The van der Waals surface area contributed by atoms with Crippen molar-refractivity contribution in [2.24, 2.45) is 4.99 Å². The number of benzene rings is 2. The van der Waals surface area contributed by atoms with Gasteiger partial charge in [-0.05, 0) is 35.4 Å². The van der Waals surface area contributed by atoms with Gasteiger partial charge in [0.25, 0.3) is 0 Å². The zero-order valence-corrected chi connectivity index (χ0v) is 20.8. The number of aliphatic imine (C=N–C) groups is 1. The highest BCUT2D eigenvalue weighted by Crippen LogP contribution is 2.23. The van der Waals surface area contributed by atoms with E-state index in [-0.39, 0.29) is 30.0 Å². The van der Waals surface area contributed by atoms with Crippen LogP contribution < -0.4 is 20.1 Å². The smallest absolute Gasteiger partial charge is 0.191 e. The average molecular weight is 540 g/mol. The van der Waals surface area contributed by atoms with Crippen molar-refractivity contribution in [1.29, 1.82) is 0 Å². The van der Waals surface area contributed by atoms with Crippen LogP contribution in [0.5, 0.6) is 11.5 Å². The average Bonchev–Trinajstić information content (AvgIpc) is 2.82. The van der Waals surface area contributed by atoms with E-state index in [0.717, 1.165) is 55.9 Å². The number of nitrogens with zero attached hydrogens (tertiary/aromatic N) is 2. The summed E-state index contributed by atoms with van der Waals surface area (Å²) in [6, 6.07) is 16.5. The van der Waals surface area contributed by atoms with Gasteiger partial charge in [-0.1, -0.05) is 24.3 Å². The predicted octanol–water partition coefficient (Wildman–Crippen LogP) is 3.06. The molecule has 1 aliphatic rings. The van der Waals surface area contributed by atoms with E-state index in [1.165, 1.54) is 5.56 Å². The van der Waals surface area contributed by atoms with E-state index >= 15 is 0 Å². The summed E-state index contributed by atoms with van der Waals surface area (Å²) in [5.74, 6) is 2.48. The third kappa shape index (κ3) is 7.55. The van der Waals surface area contributed by atoms with Crippen LogP contribution in [0.1, 0.15) is 17.2 Å². The number of morpholine rings is 1. The maximum Gasteiger partial charge on any atom is 0.191 e. The zero-order valence-electron chi connectivity index (χ0n) is 18.5. The minimum Gasteiger partial charge on any atom is -0.497 e. The number of methoxy groups -OCH3 is 2. The molecule has 1 unspecified atom stereocenters. The molecule has 170 valence electrons. The van der Waals surface area contributed by atoms with Crippen LogP contribution in [-0.2, 0) is 11.3 Å². The Hall–Kier alpha value is -2.04. The summed E-state index contributed by atoms with van der Waals surface area (Å²) < 4.78 is 16.2. The molecular formula is C23H33IN4O3. The molecule has 0 bridgehead atoms. The first-order valence-corrected chi connectivity index (χ1v) is 10.3. The standard InChI is InChI=1S/C23H32N4O3.HI/c1-24-23(25-16-18-5-4-6-21(15-18)29-3)26-17-22(27-11-13-30-14-12-27)19-7-9-20(28-2)10-8-19;/h4-10,15,22H,11-14,16-17H2,1-3H3,(H2,24,25,26);1H. The van der Waals surface area contributed by atoms with E-state index in [4.69, 9.17) is 14.2 Å². The summed E-state index contributed by atoms with van der Waals surface area (Å²) >= 11 is 0. The second-order valence-corrected chi connectivity index (χ2v) is 7.10. The maximum absolute atomic E-state index is 5.55. The monoisotopic (exact) mass is 540 g/mol. The minimum atomic E-state index is 0. The molecule has 31 heavy (non-hydrogen) atoms. The minimum absolute atomic E-state index is 0. The normalized spacial score (nSPS) is 15.5. The molecular weight excluding hydrogens is 507 g/mol. The molecule has 1 aliphatic heterocycles. The molecule has 1 heterocycles. The van der Waals surface area contributed by atoms with Crippen LogP contribution in [0.15, 0.2) is 53.5 Å². The van der Waals surface area contributed by atoms with Gasteiger partial charge in [-0.25, -0.2) is 0 Å². The highest BCUT2D eigenvalue weighted by molar-refractivity contribution is 14.0. The van der Waals surface area contributed by atoms with E-state index < -0.39 is 0 Å². The molecule has 0 radical (unpaired) electrons. The van der Waals surface area contributed by atoms with E-state index in [1.807, 2.05) is 30.3 Å². The Balaban J connectivity index is 0.00000341. The third-order valence-corrected chi connectivity index (χ3v) is 5.27. The fourth-order valence-corrected chi connectivity index (χ4v) is 3.56. The van der Waals surface area contributed by atoms with Gasteiger partial charge in [-0.3, -0.25) is 9.89 Å². The quantitative estimate of drug-likeness (QED) is 0.305. The van der Waals surface area contributed by atoms with Gasteiger partial charge < -0.3 is 24.8 Å². The molecule has 7 nitrogen and oxygen atoms in total. The van der Waals surface area contributed by atoms with Crippen molar-refractivity contribution in [3.05, 3.63) is 59.7 Å². The Morgan fingerprint density at radius 2 is 1.74 bits per heavy atom. The SMILES string of the molecule is CN=C(NCc1cccc(OC)c1)NCC(c1ccc(OC)cc1)N1CCOCC1.I. The molecule has 1 fully saturated rings. The molecule has 1 saturated heterocycles. The summed E-state index contributed by atoms with van der Waals surface area (Å²) in [6.45, 7) is 4.75. The largest absolute Gasteiger partial charge is 0.497 e. The van der Waals surface area contributed by atoms with Gasteiger partial charge in [0.15, 0.2) is 5.96 Å². The molecule has 8 heteroatoms. The summed E-state index contributed by atoms with van der Waals surface area (Å²) in [6.07, 6.45) is 0. The number of nitrogens with one attached hydrogen (secondary N) is 2. The van der Waals surface area contributed by atoms with Gasteiger partial charge in [-0.15, -0.1) is 24.0 Å². The van der Waals surface area contributed by atoms with Gasteiger partial charge in [0.05, 0.1) is 33.5 Å². The number of hydrogen-bond acceptors (Lipinski definition) is 5. The summed E-state index contributed by atoms with van der Waals surface area (Å²) in [7, 11) is 5.16. The molecule has 2 aromatic rings. The lowest BCUT2D eigenvalue weighted by molar-refractivity contribution is 0.0170. The first-order valence-electron chi connectivity index (χ1n) is 10.3. The van der Waals surface area contributed by atoms with Crippen LogP contribution in [0.4, 0.5) is 0 Å². The number of halogens is 1. The Morgan fingerprint density at radius 3 is 2.39 bits per heavy atom. The van der Waals surface area contributed by atoms with Crippen LogP contribution in [0, 0.1) is 0 Å². The zero-order chi connectivity index (χ0) is 21.2. The van der Waals surface area contributed by atoms with E-state index in [0.29, 0.717) is 6.54 Å². The van der Waals surface area contributed by atoms with Crippen molar-refractivity contribution in [3.63, 3.8) is 0 Å². The highest BCUT2D eigenvalue weighted by Gasteiger charge is 2.23. The fraction of sp³-hybridized carbons (Fsp3) is 0.435. The Bertz CT molecular complexity index is 811. The Morgan fingerprint density at radius 1 is 1.03 bits per heavy atom. The van der Waals surface area contributed by atoms with Crippen molar-refractivity contribution < 1.29 is 14.2 Å². The summed E-state index contributed by atoms with van der Waals surface area (Å²) in [5.41, 5.74) is 2.38. The van der Waals surface area contributed by atoms with Gasteiger partial charge in [0, 0.05) is 33.2 Å². The third-order valence-electron chi connectivity index (χ3n) is 5.27. The highest BCUT2D eigenvalue weighted by atomic mass is 127. The first-order chi connectivity index (χ1) is 14.7. The number of hydrogen-bond donors (Lipinski definition) is 2. The maximum atomic E-state index is 5.55. The topological polar surface area (TPSA) is 67.4 Å². The Labute approximate surface area is 202 Å². The van der Waals surface area contributed by atoms with E-state index in [2.05, 4.69) is 38.7 Å². The van der Waals surface area contributed by atoms with Gasteiger partial charge in [0.2, 0.25) is 0 Å². The lowest BCUT2D eigenvalue weighted by Gasteiger charge is -2.35. The molecule has 0 amide bonds. The molecule has 0 aliphatic carbocycles. The second kappa shape index (κ2) is 13.4.